The SMILES string of the molecule is CCNCc1sc(-c2coc3ccccc23)nc1CC. The number of fused-ring (bicyclic) bond motifs is 1. The third kappa shape index (κ3) is 2.37. The van der Waals surface area contributed by atoms with Crippen LogP contribution in [0.1, 0.15) is 24.4 Å². The fourth-order valence-electron chi connectivity index (χ4n) is 2.29. The van der Waals surface area contributed by atoms with Crippen molar-refractivity contribution >= 4 is 22.3 Å². The van der Waals surface area contributed by atoms with Crippen molar-refractivity contribution in [1.29, 1.82) is 0 Å². The number of para-hydroxylation sites is 1. The van der Waals surface area contributed by atoms with Gasteiger partial charge in [-0.15, -0.1) is 11.3 Å². The lowest BCUT2D eigenvalue weighted by atomic mass is 10.2. The zero-order valence-corrected chi connectivity index (χ0v) is 12.6. The van der Waals surface area contributed by atoms with E-state index in [9.17, 15) is 0 Å². The van der Waals surface area contributed by atoms with E-state index in [2.05, 4.69) is 25.2 Å². The Morgan fingerprint density at radius 2 is 2.10 bits per heavy atom. The molecule has 2 aromatic heterocycles. The lowest BCUT2D eigenvalue weighted by molar-refractivity contribution is 0.617. The maximum absolute atomic E-state index is 5.62. The average molecular weight is 286 g/mol. The smallest absolute Gasteiger partial charge is 0.134 e. The summed E-state index contributed by atoms with van der Waals surface area (Å²) in [4.78, 5) is 6.12. The molecule has 0 bridgehead atoms. The Kier molecular flexibility index (Phi) is 3.85. The zero-order chi connectivity index (χ0) is 13.9. The first-order valence-electron chi connectivity index (χ1n) is 6.99. The van der Waals surface area contributed by atoms with E-state index in [0.717, 1.165) is 41.1 Å². The topological polar surface area (TPSA) is 38.1 Å². The second-order valence-electron chi connectivity index (χ2n) is 4.67. The molecule has 0 atom stereocenters. The second-order valence-corrected chi connectivity index (χ2v) is 5.75. The fraction of sp³-hybridized carbons (Fsp3) is 0.312. The fourth-order valence-corrected chi connectivity index (χ4v) is 3.43. The van der Waals surface area contributed by atoms with Crippen molar-refractivity contribution in [2.24, 2.45) is 0 Å². The van der Waals surface area contributed by atoms with Gasteiger partial charge in [0.25, 0.3) is 0 Å². The molecular formula is C16H18N2OS. The molecular weight excluding hydrogens is 268 g/mol. The van der Waals surface area contributed by atoms with Crippen molar-refractivity contribution in [3.8, 4) is 10.6 Å². The van der Waals surface area contributed by atoms with Crippen LogP contribution in [0.25, 0.3) is 21.5 Å². The number of thiazole rings is 1. The van der Waals surface area contributed by atoms with E-state index in [1.165, 1.54) is 10.6 Å². The van der Waals surface area contributed by atoms with E-state index in [4.69, 9.17) is 9.40 Å². The Balaban J connectivity index is 2.03. The maximum Gasteiger partial charge on any atom is 0.134 e. The van der Waals surface area contributed by atoms with Crippen molar-refractivity contribution in [2.45, 2.75) is 26.8 Å². The third-order valence-corrected chi connectivity index (χ3v) is 4.49. The molecule has 0 aliphatic rings. The molecule has 3 nitrogen and oxygen atoms in total. The molecule has 0 spiro atoms. The molecule has 0 aliphatic carbocycles. The standard InChI is InChI=1S/C16H18N2OS/c1-3-13-15(9-17-4-2)20-16(18-13)12-10-19-14-8-6-5-7-11(12)14/h5-8,10,17H,3-4,9H2,1-2H3. The first-order valence-corrected chi connectivity index (χ1v) is 7.81. The molecule has 0 aliphatic heterocycles. The van der Waals surface area contributed by atoms with Crippen LogP contribution in [0, 0.1) is 0 Å². The largest absolute Gasteiger partial charge is 0.464 e. The summed E-state index contributed by atoms with van der Waals surface area (Å²) < 4.78 is 5.62. The zero-order valence-electron chi connectivity index (χ0n) is 11.8. The van der Waals surface area contributed by atoms with Crippen LogP contribution in [0.2, 0.25) is 0 Å². The highest BCUT2D eigenvalue weighted by molar-refractivity contribution is 7.15. The predicted molar refractivity (Wildman–Crippen MR) is 84.1 cm³/mol. The van der Waals surface area contributed by atoms with Gasteiger partial charge in [-0.05, 0) is 19.0 Å². The normalized spacial score (nSPS) is 11.3. The minimum absolute atomic E-state index is 0.896. The number of nitrogens with zero attached hydrogens (tertiary/aromatic N) is 1. The first kappa shape index (κ1) is 13.3. The van der Waals surface area contributed by atoms with Crippen LogP contribution in [0.5, 0.6) is 0 Å². The highest BCUT2D eigenvalue weighted by atomic mass is 32.1. The van der Waals surface area contributed by atoms with Gasteiger partial charge < -0.3 is 9.73 Å². The van der Waals surface area contributed by atoms with Gasteiger partial charge in [0, 0.05) is 16.8 Å². The summed E-state index contributed by atoms with van der Waals surface area (Å²) in [6.45, 7) is 6.15. The quantitative estimate of drug-likeness (QED) is 0.763. The number of nitrogens with one attached hydrogen (secondary N) is 1. The molecule has 0 saturated carbocycles. The maximum atomic E-state index is 5.62. The average Bonchev–Trinajstić information content (AvgIpc) is 3.08. The van der Waals surface area contributed by atoms with E-state index in [-0.39, 0.29) is 0 Å². The molecule has 4 heteroatoms. The van der Waals surface area contributed by atoms with Crippen LogP contribution >= 0.6 is 11.3 Å². The molecule has 3 aromatic rings. The monoisotopic (exact) mass is 286 g/mol. The molecule has 104 valence electrons. The Hall–Kier alpha value is -1.65. The van der Waals surface area contributed by atoms with Gasteiger partial charge in [0.05, 0.1) is 11.3 Å². The van der Waals surface area contributed by atoms with Gasteiger partial charge >= 0.3 is 0 Å². The van der Waals surface area contributed by atoms with Crippen molar-refractivity contribution in [3.63, 3.8) is 0 Å². The number of benzene rings is 1. The molecule has 0 unspecified atom stereocenters. The number of aryl methyl sites for hydroxylation is 1. The van der Waals surface area contributed by atoms with Crippen LogP contribution in [-0.4, -0.2) is 11.5 Å². The summed E-state index contributed by atoms with van der Waals surface area (Å²) in [5, 5.41) is 5.58. The van der Waals surface area contributed by atoms with Gasteiger partial charge in [-0.2, -0.15) is 0 Å². The van der Waals surface area contributed by atoms with Crippen LogP contribution in [0.15, 0.2) is 34.9 Å². The number of hydrogen-bond acceptors (Lipinski definition) is 4. The van der Waals surface area contributed by atoms with E-state index in [1.807, 2.05) is 24.5 Å². The minimum Gasteiger partial charge on any atom is -0.464 e. The molecule has 0 radical (unpaired) electrons. The van der Waals surface area contributed by atoms with Gasteiger partial charge in [-0.1, -0.05) is 32.0 Å². The molecule has 1 N–H and O–H groups in total. The van der Waals surface area contributed by atoms with Crippen LogP contribution < -0.4 is 5.32 Å². The van der Waals surface area contributed by atoms with Crippen molar-refractivity contribution in [3.05, 3.63) is 41.1 Å². The Morgan fingerprint density at radius 3 is 2.90 bits per heavy atom. The lowest BCUT2D eigenvalue weighted by Crippen LogP contribution is -2.11. The Morgan fingerprint density at radius 1 is 1.25 bits per heavy atom. The van der Waals surface area contributed by atoms with Crippen molar-refractivity contribution in [1.82, 2.24) is 10.3 Å². The Labute approximate surface area is 122 Å². The first-order chi connectivity index (χ1) is 9.83. The summed E-state index contributed by atoms with van der Waals surface area (Å²) in [6, 6.07) is 8.11. The number of aromatic nitrogens is 1. The van der Waals surface area contributed by atoms with E-state index >= 15 is 0 Å². The second kappa shape index (κ2) is 5.77. The molecule has 3 rings (SSSR count). The van der Waals surface area contributed by atoms with Crippen LogP contribution in [-0.2, 0) is 13.0 Å². The van der Waals surface area contributed by atoms with Crippen LogP contribution in [0.3, 0.4) is 0 Å². The van der Waals surface area contributed by atoms with Crippen LogP contribution in [0.4, 0.5) is 0 Å². The summed E-state index contributed by atoms with van der Waals surface area (Å²) >= 11 is 1.76. The van der Waals surface area contributed by atoms with Crippen molar-refractivity contribution < 1.29 is 4.42 Å². The molecule has 1 aromatic carbocycles. The lowest BCUT2D eigenvalue weighted by Gasteiger charge is -1.99. The minimum atomic E-state index is 0.896. The van der Waals surface area contributed by atoms with Gasteiger partial charge in [0.1, 0.15) is 16.9 Å². The Bertz CT molecular complexity index is 714. The molecule has 0 fully saturated rings. The van der Waals surface area contributed by atoms with Gasteiger partial charge in [-0.3, -0.25) is 0 Å². The summed E-state index contributed by atoms with van der Waals surface area (Å²) in [7, 11) is 0. The molecule has 2 heterocycles. The molecule has 20 heavy (non-hydrogen) atoms. The molecule has 0 amide bonds. The molecule has 0 saturated heterocycles. The highest BCUT2D eigenvalue weighted by Crippen LogP contribution is 2.34. The summed E-state index contributed by atoms with van der Waals surface area (Å²) in [6.07, 6.45) is 2.78. The number of hydrogen-bond donors (Lipinski definition) is 1. The highest BCUT2D eigenvalue weighted by Gasteiger charge is 2.15. The number of furan rings is 1. The predicted octanol–water partition coefficient (Wildman–Crippen LogP) is 4.23. The van der Waals surface area contributed by atoms with E-state index < -0.39 is 0 Å². The van der Waals surface area contributed by atoms with Gasteiger partial charge in [-0.25, -0.2) is 4.98 Å². The third-order valence-electron chi connectivity index (χ3n) is 3.36. The van der Waals surface area contributed by atoms with Gasteiger partial charge in [0.15, 0.2) is 0 Å². The summed E-state index contributed by atoms with van der Waals surface area (Å²) in [5.41, 5.74) is 3.21. The van der Waals surface area contributed by atoms with Gasteiger partial charge in [0.2, 0.25) is 0 Å². The number of rotatable bonds is 5. The van der Waals surface area contributed by atoms with E-state index in [0.29, 0.717) is 0 Å². The van der Waals surface area contributed by atoms with E-state index in [1.54, 1.807) is 11.3 Å². The van der Waals surface area contributed by atoms with Crippen molar-refractivity contribution in [2.75, 3.05) is 6.54 Å². The summed E-state index contributed by atoms with van der Waals surface area (Å²) in [5.74, 6) is 0.